The van der Waals surface area contributed by atoms with Crippen LogP contribution in [0.15, 0.2) is 41.3 Å². The van der Waals surface area contributed by atoms with Gasteiger partial charge in [-0.05, 0) is 30.2 Å². The first kappa shape index (κ1) is 23.2. The van der Waals surface area contributed by atoms with Crippen LogP contribution in [0.3, 0.4) is 0 Å². The zero-order valence-electron chi connectivity index (χ0n) is 17.4. The number of benzene rings is 2. The molecule has 0 atom stereocenters. The van der Waals surface area contributed by atoms with Gasteiger partial charge in [-0.3, -0.25) is 4.79 Å². The Morgan fingerprint density at radius 1 is 0.969 bits per heavy atom. The summed E-state index contributed by atoms with van der Waals surface area (Å²) in [7, 11) is -3.69. The maximum absolute atomic E-state index is 13.1. The summed E-state index contributed by atoms with van der Waals surface area (Å²) in [6, 6.07) is 10.0. The first-order valence-corrected chi connectivity index (χ1v) is 12.7. The van der Waals surface area contributed by atoms with Gasteiger partial charge in [0.25, 0.3) is 0 Å². The van der Waals surface area contributed by atoms with Crippen LogP contribution in [0.5, 0.6) is 11.5 Å². The molecule has 2 aliphatic rings. The fourth-order valence-corrected chi connectivity index (χ4v) is 5.62. The van der Waals surface area contributed by atoms with E-state index in [0.29, 0.717) is 54.3 Å². The van der Waals surface area contributed by atoms with Gasteiger partial charge < -0.3 is 14.4 Å². The molecule has 0 unspecified atom stereocenters. The number of amides is 1. The lowest BCUT2D eigenvalue weighted by atomic mass is 10.1. The van der Waals surface area contributed by atoms with Crippen molar-refractivity contribution in [2.24, 2.45) is 0 Å². The minimum Gasteiger partial charge on any atom is -0.490 e. The van der Waals surface area contributed by atoms with Crippen molar-refractivity contribution in [2.75, 3.05) is 39.4 Å². The molecule has 0 radical (unpaired) electrons. The Hall–Kier alpha value is -2.00. The van der Waals surface area contributed by atoms with E-state index in [9.17, 15) is 13.2 Å². The van der Waals surface area contributed by atoms with Gasteiger partial charge in [-0.25, -0.2) is 8.42 Å². The van der Waals surface area contributed by atoms with Crippen LogP contribution in [0.2, 0.25) is 10.0 Å². The van der Waals surface area contributed by atoms with Crippen molar-refractivity contribution in [1.82, 2.24) is 9.21 Å². The summed E-state index contributed by atoms with van der Waals surface area (Å²) in [6.07, 6.45) is 1.51. The van der Waals surface area contributed by atoms with Gasteiger partial charge in [0.15, 0.2) is 11.5 Å². The van der Waals surface area contributed by atoms with Crippen molar-refractivity contribution >= 4 is 39.1 Å². The zero-order chi connectivity index (χ0) is 22.7. The lowest BCUT2D eigenvalue weighted by Crippen LogP contribution is -2.50. The lowest BCUT2D eigenvalue weighted by Gasteiger charge is -2.34. The molecule has 32 heavy (non-hydrogen) atoms. The van der Waals surface area contributed by atoms with Crippen LogP contribution in [-0.4, -0.2) is 62.9 Å². The summed E-state index contributed by atoms with van der Waals surface area (Å²) in [4.78, 5) is 14.5. The van der Waals surface area contributed by atoms with Crippen molar-refractivity contribution in [3.8, 4) is 11.5 Å². The van der Waals surface area contributed by atoms with E-state index in [1.807, 2.05) is 6.07 Å². The van der Waals surface area contributed by atoms with Crippen molar-refractivity contribution < 1.29 is 22.7 Å². The van der Waals surface area contributed by atoms with Gasteiger partial charge in [-0.2, -0.15) is 4.31 Å². The summed E-state index contributed by atoms with van der Waals surface area (Å²) in [5, 5.41) is 0.929. The highest BCUT2D eigenvalue weighted by Crippen LogP contribution is 2.33. The van der Waals surface area contributed by atoms with Gasteiger partial charge in [0.05, 0.1) is 28.2 Å². The van der Waals surface area contributed by atoms with Crippen molar-refractivity contribution in [3.63, 3.8) is 0 Å². The molecule has 2 heterocycles. The summed E-state index contributed by atoms with van der Waals surface area (Å²) in [5.41, 5.74) is 0.822. The highest BCUT2D eigenvalue weighted by Gasteiger charge is 2.31. The van der Waals surface area contributed by atoms with Crippen molar-refractivity contribution in [3.05, 3.63) is 52.0 Å². The first-order chi connectivity index (χ1) is 15.4. The molecule has 2 aromatic carbocycles. The SMILES string of the molecule is O=C(CCc1cccc(Cl)c1Cl)N1CCN(S(=O)(=O)c2ccc3c(c2)OCCCO3)CC1. The Balaban J connectivity index is 1.36. The zero-order valence-corrected chi connectivity index (χ0v) is 19.8. The summed E-state index contributed by atoms with van der Waals surface area (Å²) < 4.78 is 38.8. The fraction of sp³-hybridized carbons (Fsp3) is 0.409. The predicted octanol–water partition coefficient (Wildman–Crippen LogP) is 3.62. The van der Waals surface area contributed by atoms with E-state index in [-0.39, 0.29) is 30.3 Å². The van der Waals surface area contributed by atoms with Crippen LogP contribution in [0.4, 0.5) is 0 Å². The number of carbonyl (C=O) groups excluding carboxylic acids is 1. The van der Waals surface area contributed by atoms with E-state index in [1.165, 1.54) is 16.4 Å². The van der Waals surface area contributed by atoms with E-state index < -0.39 is 10.0 Å². The fourth-order valence-electron chi connectivity index (χ4n) is 3.77. The largest absolute Gasteiger partial charge is 0.490 e. The molecule has 0 aliphatic carbocycles. The average molecular weight is 499 g/mol. The molecular formula is C22H24Cl2N2O5S. The molecule has 1 amide bonds. The molecule has 172 valence electrons. The Morgan fingerprint density at radius 2 is 1.69 bits per heavy atom. The molecule has 1 saturated heterocycles. The van der Waals surface area contributed by atoms with Crippen LogP contribution >= 0.6 is 23.2 Å². The number of piperazine rings is 1. The molecule has 0 saturated carbocycles. The molecule has 1 fully saturated rings. The van der Waals surface area contributed by atoms with Crippen LogP contribution in [0, 0.1) is 0 Å². The second-order valence-corrected chi connectivity index (χ2v) is 10.4. The third kappa shape index (κ3) is 4.98. The van der Waals surface area contributed by atoms with Gasteiger partial charge in [0.1, 0.15) is 0 Å². The number of sulfonamides is 1. The second-order valence-electron chi connectivity index (χ2n) is 7.66. The molecule has 2 aliphatic heterocycles. The van der Waals surface area contributed by atoms with E-state index in [4.69, 9.17) is 32.7 Å². The van der Waals surface area contributed by atoms with Crippen LogP contribution < -0.4 is 9.47 Å². The summed E-state index contributed by atoms with van der Waals surface area (Å²) in [6.45, 7) is 2.18. The van der Waals surface area contributed by atoms with Gasteiger partial charge in [0.2, 0.25) is 15.9 Å². The van der Waals surface area contributed by atoms with E-state index in [1.54, 1.807) is 23.1 Å². The Bertz CT molecular complexity index is 1100. The number of hydrogen-bond donors (Lipinski definition) is 0. The molecule has 7 nitrogen and oxygen atoms in total. The summed E-state index contributed by atoms with van der Waals surface area (Å²) in [5.74, 6) is 0.961. The maximum Gasteiger partial charge on any atom is 0.243 e. The minimum absolute atomic E-state index is 0.0336. The maximum atomic E-state index is 13.1. The van der Waals surface area contributed by atoms with Crippen LogP contribution in [0.1, 0.15) is 18.4 Å². The number of aryl methyl sites for hydroxylation is 1. The third-order valence-electron chi connectivity index (χ3n) is 5.59. The van der Waals surface area contributed by atoms with Gasteiger partial charge in [-0.15, -0.1) is 0 Å². The Kier molecular flexibility index (Phi) is 7.14. The number of carbonyl (C=O) groups is 1. The highest BCUT2D eigenvalue weighted by atomic mass is 35.5. The smallest absolute Gasteiger partial charge is 0.243 e. The number of nitrogens with zero attached hydrogens (tertiary/aromatic N) is 2. The van der Waals surface area contributed by atoms with Crippen LogP contribution in [-0.2, 0) is 21.2 Å². The highest BCUT2D eigenvalue weighted by molar-refractivity contribution is 7.89. The van der Waals surface area contributed by atoms with E-state index >= 15 is 0 Å². The van der Waals surface area contributed by atoms with Crippen molar-refractivity contribution in [1.29, 1.82) is 0 Å². The second kappa shape index (κ2) is 9.87. The number of fused-ring (bicyclic) bond motifs is 1. The monoisotopic (exact) mass is 498 g/mol. The number of ether oxygens (including phenoxy) is 2. The molecule has 0 aromatic heterocycles. The molecule has 0 N–H and O–H groups in total. The lowest BCUT2D eigenvalue weighted by molar-refractivity contribution is -0.132. The Morgan fingerprint density at radius 3 is 2.44 bits per heavy atom. The average Bonchev–Trinajstić information content (AvgIpc) is 3.05. The van der Waals surface area contributed by atoms with Gasteiger partial charge >= 0.3 is 0 Å². The van der Waals surface area contributed by atoms with Gasteiger partial charge in [-0.1, -0.05) is 35.3 Å². The quantitative estimate of drug-likeness (QED) is 0.628. The molecular weight excluding hydrogens is 475 g/mol. The predicted molar refractivity (Wildman–Crippen MR) is 122 cm³/mol. The number of rotatable bonds is 5. The standard InChI is InChI=1S/C22H24Cl2N2O5S/c23-18-4-1-3-16(22(18)24)5-8-21(27)25-9-11-26(12-10-25)32(28,29)17-6-7-19-20(15-17)31-14-2-13-30-19/h1,3-4,6-7,15H,2,5,8-14H2. The summed E-state index contributed by atoms with van der Waals surface area (Å²) >= 11 is 12.2. The molecule has 0 spiro atoms. The topological polar surface area (TPSA) is 76.2 Å². The van der Waals surface area contributed by atoms with Gasteiger partial charge in [0, 0.05) is 45.1 Å². The van der Waals surface area contributed by atoms with Crippen molar-refractivity contribution in [2.45, 2.75) is 24.2 Å². The normalized spacial score (nSPS) is 17.1. The first-order valence-electron chi connectivity index (χ1n) is 10.5. The Labute approximate surface area is 197 Å². The molecule has 10 heteroatoms. The molecule has 0 bridgehead atoms. The third-order valence-corrected chi connectivity index (χ3v) is 8.34. The van der Waals surface area contributed by atoms with E-state index in [0.717, 1.165) is 12.0 Å². The number of halogens is 2. The molecule has 2 aromatic rings. The minimum atomic E-state index is -3.69. The molecule has 4 rings (SSSR count). The van der Waals surface area contributed by atoms with Crippen LogP contribution in [0.25, 0.3) is 0 Å². The van der Waals surface area contributed by atoms with E-state index in [2.05, 4.69) is 0 Å². The number of hydrogen-bond acceptors (Lipinski definition) is 5.